The van der Waals surface area contributed by atoms with Gasteiger partial charge in [0.25, 0.3) is 0 Å². The second kappa shape index (κ2) is 6.85. The molecule has 0 spiro atoms. The second-order valence-corrected chi connectivity index (χ2v) is 6.19. The standard InChI is InChI=1S/C14H20N2O3S/c15-11(10-7-4-8-20-10)13(17)16-12(14(18)19)9-5-2-1-3-6-9/h4,7-9,11-12H,1-3,5-6,15H2,(H,16,17)(H,18,19). The molecule has 1 fully saturated rings. The number of hydrogen-bond acceptors (Lipinski definition) is 4. The Morgan fingerprint density at radius 2 is 2.05 bits per heavy atom. The quantitative estimate of drug-likeness (QED) is 0.773. The van der Waals surface area contributed by atoms with Crippen molar-refractivity contribution in [1.29, 1.82) is 0 Å². The zero-order valence-corrected chi connectivity index (χ0v) is 12.1. The molecule has 1 aromatic rings. The molecule has 0 aliphatic heterocycles. The number of amides is 1. The third kappa shape index (κ3) is 3.58. The molecule has 6 heteroatoms. The van der Waals surface area contributed by atoms with Crippen LogP contribution in [0.2, 0.25) is 0 Å². The summed E-state index contributed by atoms with van der Waals surface area (Å²) in [6.07, 6.45) is 4.91. The first-order valence-electron chi connectivity index (χ1n) is 6.91. The van der Waals surface area contributed by atoms with Crippen LogP contribution in [0.3, 0.4) is 0 Å². The highest BCUT2D eigenvalue weighted by Crippen LogP contribution is 2.27. The van der Waals surface area contributed by atoms with E-state index in [1.807, 2.05) is 11.4 Å². The molecule has 1 aliphatic carbocycles. The first-order chi connectivity index (χ1) is 9.59. The van der Waals surface area contributed by atoms with Gasteiger partial charge in [0, 0.05) is 4.88 Å². The van der Waals surface area contributed by atoms with E-state index < -0.39 is 24.0 Å². The summed E-state index contributed by atoms with van der Waals surface area (Å²) in [6.45, 7) is 0. The molecule has 110 valence electrons. The van der Waals surface area contributed by atoms with Crippen molar-refractivity contribution in [3.8, 4) is 0 Å². The van der Waals surface area contributed by atoms with Crippen LogP contribution in [0.25, 0.3) is 0 Å². The molecule has 0 saturated heterocycles. The third-order valence-corrected chi connectivity index (χ3v) is 4.77. The number of nitrogens with two attached hydrogens (primary N) is 1. The first-order valence-corrected chi connectivity index (χ1v) is 7.79. The summed E-state index contributed by atoms with van der Waals surface area (Å²) in [7, 11) is 0. The Bertz CT molecular complexity index is 455. The highest BCUT2D eigenvalue weighted by atomic mass is 32.1. The normalized spacial score (nSPS) is 19.2. The fourth-order valence-corrected chi connectivity index (χ4v) is 3.41. The Hall–Kier alpha value is -1.40. The number of carbonyl (C=O) groups is 2. The van der Waals surface area contributed by atoms with Crippen molar-refractivity contribution in [1.82, 2.24) is 5.32 Å². The molecule has 1 heterocycles. The van der Waals surface area contributed by atoms with Crippen molar-refractivity contribution in [3.05, 3.63) is 22.4 Å². The van der Waals surface area contributed by atoms with E-state index in [-0.39, 0.29) is 5.92 Å². The molecular weight excluding hydrogens is 276 g/mol. The van der Waals surface area contributed by atoms with Crippen LogP contribution < -0.4 is 11.1 Å². The molecule has 1 aliphatic rings. The van der Waals surface area contributed by atoms with E-state index in [0.29, 0.717) is 0 Å². The summed E-state index contributed by atoms with van der Waals surface area (Å²) in [5.74, 6) is -1.37. The average Bonchev–Trinajstić information content (AvgIpc) is 2.98. The maximum absolute atomic E-state index is 12.1. The minimum Gasteiger partial charge on any atom is -0.480 e. The zero-order chi connectivity index (χ0) is 14.5. The third-order valence-electron chi connectivity index (χ3n) is 3.82. The lowest BCUT2D eigenvalue weighted by molar-refractivity contribution is -0.144. The van der Waals surface area contributed by atoms with Crippen molar-refractivity contribution in [2.75, 3.05) is 0 Å². The molecule has 2 unspecified atom stereocenters. The van der Waals surface area contributed by atoms with Gasteiger partial charge in [0.1, 0.15) is 12.1 Å². The molecule has 4 N–H and O–H groups in total. The number of carbonyl (C=O) groups excluding carboxylic acids is 1. The highest BCUT2D eigenvalue weighted by molar-refractivity contribution is 7.10. The summed E-state index contributed by atoms with van der Waals surface area (Å²) in [5, 5.41) is 13.8. The van der Waals surface area contributed by atoms with Crippen LogP contribution >= 0.6 is 11.3 Å². The van der Waals surface area contributed by atoms with Crippen molar-refractivity contribution < 1.29 is 14.7 Å². The summed E-state index contributed by atoms with van der Waals surface area (Å²) in [5.41, 5.74) is 5.87. The Kier molecular flexibility index (Phi) is 5.14. The maximum Gasteiger partial charge on any atom is 0.326 e. The predicted molar refractivity (Wildman–Crippen MR) is 77.4 cm³/mol. The van der Waals surface area contributed by atoms with Gasteiger partial charge in [-0.3, -0.25) is 4.79 Å². The van der Waals surface area contributed by atoms with Gasteiger partial charge >= 0.3 is 5.97 Å². The molecular formula is C14H20N2O3S. The fourth-order valence-electron chi connectivity index (χ4n) is 2.69. The van der Waals surface area contributed by atoms with Crippen molar-refractivity contribution in [2.45, 2.75) is 44.2 Å². The number of nitrogens with one attached hydrogen (secondary N) is 1. The van der Waals surface area contributed by atoms with Gasteiger partial charge in [-0.2, -0.15) is 0 Å². The van der Waals surface area contributed by atoms with Gasteiger partial charge < -0.3 is 16.2 Å². The van der Waals surface area contributed by atoms with Gasteiger partial charge in [0.2, 0.25) is 5.91 Å². The van der Waals surface area contributed by atoms with Crippen LogP contribution in [0.15, 0.2) is 17.5 Å². The van der Waals surface area contributed by atoms with Crippen LogP contribution in [0.5, 0.6) is 0 Å². The molecule has 1 saturated carbocycles. The lowest BCUT2D eigenvalue weighted by Crippen LogP contribution is -2.49. The number of carboxylic acid groups (broad SMARTS) is 1. The number of aliphatic carboxylic acids is 1. The molecule has 2 atom stereocenters. The Balaban J connectivity index is 2.00. The second-order valence-electron chi connectivity index (χ2n) is 5.22. The molecule has 1 amide bonds. The average molecular weight is 296 g/mol. The van der Waals surface area contributed by atoms with Gasteiger partial charge in [0.05, 0.1) is 0 Å². The molecule has 0 radical (unpaired) electrons. The number of rotatable bonds is 5. The van der Waals surface area contributed by atoms with E-state index in [9.17, 15) is 14.7 Å². The zero-order valence-electron chi connectivity index (χ0n) is 11.2. The van der Waals surface area contributed by atoms with Crippen LogP contribution in [-0.2, 0) is 9.59 Å². The molecule has 0 bridgehead atoms. The Morgan fingerprint density at radius 3 is 2.60 bits per heavy atom. The summed E-state index contributed by atoms with van der Waals surface area (Å²) < 4.78 is 0. The minimum atomic E-state index is -0.969. The molecule has 1 aromatic heterocycles. The minimum absolute atomic E-state index is 0.0146. The van der Waals surface area contributed by atoms with E-state index in [1.165, 1.54) is 11.3 Å². The van der Waals surface area contributed by atoms with Gasteiger partial charge in [-0.15, -0.1) is 11.3 Å². The van der Waals surface area contributed by atoms with Crippen molar-refractivity contribution in [2.24, 2.45) is 11.7 Å². The SMILES string of the molecule is NC(C(=O)NC(C(=O)O)C1CCCCC1)c1cccs1. The summed E-state index contributed by atoms with van der Waals surface area (Å²) in [4.78, 5) is 24.2. The Morgan fingerprint density at radius 1 is 1.35 bits per heavy atom. The van der Waals surface area contributed by atoms with Crippen molar-refractivity contribution >= 4 is 23.2 Å². The lowest BCUT2D eigenvalue weighted by Gasteiger charge is -2.28. The largest absolute Gasteiger partial charge is 0.480 e. The molecule has 0 aromatic carbocycles. The smallest absolute Gasteiger partial charge is 0.326 e. The lowest BCUT2D eigenvalue weighted by atomic mass is 9.84. The monoisotopic (exact) mass is 296 g/mol. The Labute approximate surface area is 122 Å². The van der Waals surface area contributed by atoms with E-state index in [2.05, 4.69) is 5.32 Å². The summed E-state index contributed by atoms with van der Waals surface area (Å²) in [6, 6.07) is 1.99. The number of carboxylic acids is 1. The van der Waals surface area contributed by atoms with Crippen molar-refractivity contribution in [3.63, 3.8) is 0 Å². The maximum atomic E-state index is 12.1. The van der Waals surface area contributed by atoms with Crippen LogP contribution in [0.4, 0.5) is 0 Å². The van der Waals surface area contributed by atoms with Crippen LogP contribution in [0, 0.1) is 5.92 Å². The topological polar surface area (TPSA) is 92.4 Å². The first kappa shape index (κ1) is 15.0. The summed E-state index contributed by atoms with van der Waals surface area (Å²) >= 11 is 1.40. The predicted octanol–water partition coefficient (Wildman–Crippen LogP) is 1.90. The van der Waals surface area contributed by atoms with E-state index in [4.69, 9.17) is 5.73 Å². The van der Waals surface area contributed by atoms with E-state index in [0.717, 1.165) is 37.0 Å². The van der Waals surface area contributed by atoms with Gasteiger partial charge in [-0.1, -0.05) is 25.3 Å². The van der Waals surface area contributed by atoms with Gasteiger partial charge in [-0.25, -0.2) is 4.79 Å². The van der Waals surface area contributed by atoms with E-state index >= 15 is 0 Å². The highest BCUT2D eigenvalue weighted by Gasteiger charge is 2.32. The molecule has 5 nitrogen and oxygen atoms in total. The molecule has 20 heavy (non-hydrogen) atoms. The van der Waals surface area contributed by atoms with Crippen LogP contribution in [0.1, 0.15) is 43.0 Å². The number of hydrogen-bond donors (Lipinski definition) is 3. The van der Waals surface area contributed by atoms with Crippen LogP contribution in [-0.4, -0.2) is 23.0 Å². The van der Waals surface area contributed by atoms with E-state index in [1.54, 1.807) is 6.07 Å². The molecule has 2 rings (SSSR count). The fraction of sp³-hybridized carbons (Fsp3) is 0.571. The van der Waals surface area contributed by atoms with Gasteiger partial charge in [-0.05, 0) is 30.2 Å². The number of thiophene rings is 1. The van der Waals surface area contributed by atoms with Gasteiger partial charge in [0.15, 0.2) is 0 Å².